The van der Waals surface area contributed by atoms with Gasteiger partial charge in [0.15, 0.2) is 5.82 Å². The summed E-state index contributed by atoms with van der Waals surface area (Å²) < 4.78 is 33.5. The van der Waals surface area contributed by atoms with Crippen LogP contribution in [0.4, 0.5) is 19.1 Å². The lowest BCUT2D eigenvalue weighted by Gasteiger charge is -2.52. The van der Waals surface area contributed by atoms with Gasteiger partial charge in [-0.05, 0) is 37.2 Å². The first-order chi connectivity index (χ1) is 14.6. The second-order valence-corrected chi connectivity index (χ2v) is 7.78. The monoisotopic (exact) mass is 440 g/mol. The molecule has 0 unspecified atom stereocenters. The molecule has 2 aromatic heterocycles. The zero-order valence-electron chi connectivity index (χ0n) is 16.8. The average Bonchev–Trinajstić information content (AvgIpc) is 3.13. The van der Waals surface area contributed by atoms with E-state index >= 15 is 0 Å². The first kappa shape index (κ1) is 22.5. The van der Waals surface area contributed by atoms with Crippen LogP contribution < -0.4 is 5.32 Å². The number of carboxylic acids is 1. The zero-order valence-corrected chi connectivity index (χ0v) is 16.8. The highest BCUT2D eigenvalue weighted by atomic mass is 19.4. The molecule has 1 spiro atoms. The molecule has 12 heteroatoms. The Labute approximate surface area is 176 Å². The summed E-state index contributed by atoms with van der Waals surface area (Å²) in [6, 6.07) is 2.27. The normalized spacial score (nSPS) is 18.0. The summed E-state index contributed by atoms with van der Waals surface area (Å²) in [7, 11) is 1.86. The van der Waals surface area contributed by atoms with Gasteiger partial charge < -0.3 is 19.9 Å². The lowest BCUT2D eigenvalue weighted by atomic mass is 9.60. The maximum absolute atomic E-state index is 12.5. The number of nitrogens with one attached hydrogen (secondary N) is 1. The van der Waals surface area contributed by atoms with Gasteiger partial charge in [-0.25, -0.2) is 19.7 Å². The Morgan fingerprint density at radius 2 is 1.71 bits per heavy atom. The van der Waals surface area contributed by atoms with E-state index < -0.39 is 12.1 Å². The highest BCUT2D eigenvalue weighted by Gasteiger charge is 2.46. The molecular formula is C19H23F3N6O3. The standard InChI is InChI=1S/C17H22N6O.C2HF3O2/c1-22-10-7-18-14(22)15(24)23-8-3-17(4-9-23)11-13(12-17)21-16-19-5-2-6-20-16;3-2(4,5)1(6)7/h2,5-7,10,13H,3-4,8-9,11-12H2,1H3,(H,19,20,21);(H,6,7). The number of hydrogen-bond donors (Lipinski definition) is 2. The van der Waals surface area contributed by atoms with Crippen LogP contribution in [0.25, 0.3) is 0 Å². The van der Waals surface area contributed by atoms with Crippen LogP contribution in [0.1, 0.15) is 36.3 Å². The number of aryl methyl sites for hydroxylation is 1. The van der Waals surface area contributed by atoms with Crippen molar-refractivity contribution < 1.29 is 27.9 Å². The Hall–Kier alpha value is -3.18. The van der Waals surface area contributed by atoms with Gasteiger partial charge in [-0.15, -0.1) is 0 Å². The molecule has 3 heterocycles. The zero-order chi connectivity index (χ0) is 22.6. The van der Waals surface area contributed by atoms with Crippen LogP contribution in [0.5, 0.6) is 0 Å². The number of halogens is 3. The predicted octanol–water partition coefficient (Wildman–Crippen LogP) is 2.34. The van der Waals surface area contributed by atoms with Crippen molar-refractivity contribution in [1.82, 2.24) is 24.4 Å². The predicted molar refractivity (Wildman–Crippen MR) is 103 cm³/mol. The molecule has 1 aliphatic carbocycles. The van der Waals surface area contributed by atoms with Gasteiger partial charge in [0.1, 0.15) is 0 Å². The Balaban J connectivity index is 0.000000339. The molecule has 31 heavy (non-hydrogen) atoms. The van der Waals surface area contributed by atoms with E-state index in [1.165, 1.54) is 0 Å². The lowest BCUT2D eigenvalue weighted by molar-refractivity contribution is -0.192. The molecule has 0 bridgehead atoms. The van der Waals surface area contributed by atoms with Crippen LogP contribution in [-0.2, 0) is 11.8 Å². The van der Waals surface area contributed by atoms with Crippen molar-refractivity contribution in [2.45, 2.75) is 37.9 Å². The van der Waals surface area contributed by atoms with E-state index in [4.69, 9.17) is 9.90 Å². The molecule has 2 aliphatic rings. The van der Waals surface area contributed by atoms with Crippen molar-refractivity contribution in [2.75, 3.05) is 18.4 Å². The molecule has 2 fully saturated rings. The van der Waals surface area contributed by atoms with Crippen LogP contribution in [-0.4, -0.2) is 66.7 Å². The van der Waals surface area contributed by atoms with Gasteiger partial charge in [0.25, 0.3) is 5.91 Å². The van der Waals surface area contributed by atoms with Crippen molar-refractivity contribution in [3.63, 3.8) is 0 Å². The number of piperidine rings is 1. The summed E-state index contributed by atoms with van der Waals surface area (Å²) in [6.07, 6.45) is 6.31. The number of alkyl halides is 3. The number of likely N-dealkylation sites (tertiary alicyclic amines) is 1. The minimum Gasteiger partial charge on any atom is -0.475 e. The fraction of sp³-hybridized carbons (Fsp3) is 0.526. The Kier molecular flexibility index (Phi) is 6.46. The van der Waals surface area contributed by atoms with E-state index in [0.29, 0.717) is 23.2 Å². The number of carbonyl (C=O) groups is 2. The summed E-state index contributed by atoms with van der Waals surface area (Å²) in [5, 5.41) is 10.5. The van der Waals surface area contributed by atoms with Gasteiger partial charge in [-0.1, -0.05) is 0 Å². The highest BCUT2D eigenvalue weighted by molar-refractivity contribution is 5.90. The Morgan fingerprint density at radius 1 is 1.13 bits per heavy atom. The summed E-state index contributed by atoms with van der Waals surface area (Å²) in [5.74, 6) is -1.48. The topological polar surface area (TPSA) is 113 Å². The minimum atomic E-state index is -5.08. The maximum atomic E-state index is 12.5. The number of nitrogens with zero attached hydrogens (tertiary/aromatic N) is 5. The first-order valence-electron chi connectivity index (χ1n) is 9.70. The fourth-order valence-corrected chi connectivity index (χ4v) is 3.95. The molecule has 1 saturated carbocycles. The highest BCUT2D eigenvalue weighted by Crippen LogP contribution is 2.49. The fourth-order valence-electron chi connectivity index (χ4n) is 3.95. The molecule has 2 N–H and O–H groups in total. The molecule has 1 aliphatic heterocycles. The molecule has 0 atom stereocenters. The second-order valence-electron chi connectivity index (χ2n) is 7.78. The van der Waals surface area contributed by atoms with E-state index in [2.05, 4.69) is 20.3 Å². The van der Waals surface area contributed by atoms with E-state index in [9.17, 15) is 18.0 Å². The van der Waals surface area contributed by atoms with Crippen LogP contribution in [0.3, 0.4) is 0 Å². The molecule has 0 radical (unpaired) electrons. The van der Waals surface area contributed by atoms with Crippen molar-refractivity contribution in [2.24, 2.45) is 12.5 Å². The number of aliphatic carboxylic acids is 1. The molecule has 1 saturated heterocycles. The van der Waals surface area contributed by atoms with Crippen LogP contribution >= 0.6 is 0 Å². The molecule has 0 aromatic carbocycles. The second kappa shape index (κ2) is 8.90. The molecular weight excluding hydrogens is 417 g/mol. The largest absolute Gasteiger partial charge is 0.490 e. The van der Waals surface area contributed by atoms with Gasteiger partial charge in [-0.2, -0.15) is 13.2 Å². The summed E-state index contributed by atoms with van der Waals surface area (Å²) >= 11 is 0. The number of amides is 1. The average molecular weight is 440 g/mol. The van der Waals surface area contributed by atoms with Crippen LogP contribution in [0, 0.1) is 5.41 Å². The number of rotatable bonds is 3. The molecule has 1 amide bonds. The smallest absolute Gasteiger partial charge is 0.475 e. The third-order valence-corrected chi connectivity index (χ3v) is 5.62. The van der Waals surface area contributed by atoms with Gasteiger partial charge in [0.2, 0.25) is 5.95 Å². The SMILES string of the molecule is Cn1ccnc1C(=O)N1CCC2(CC1)CC(Nc1ncccn1)C2.O=C(O)C(F)(F)F. The van der Waals surface area contributed by atoms with E-state index in [1.807, 2.05) is 24.2 Å². The molecule has 4 rings (SSSR count). The van der Waals surface area contributed by atoms with Gasteiger partial charge in [0.05, 0.1) is 0 Å². The Morgan fingerprint density at radius 3 is 2.19 bits per heavy atom. The number of anilines is 1. The first-order valence-corrected chi connectivity index (χ1v) is 9.70. The number of carboxylic acid groups (broad SMARTS) is 1. The quantitative estimate of drug-likeness (QED) is 0.753. The number of hydrogen-bond acceptors (Lipinski definition) is 6. The van der Waals surface area contributed by atoms with Gasteiger partial charge >= 0.3 is 12.1 Å². The van der Waals surface area contributed by atoms with E-state index in [1.54, 1.807) is 23.2 Å². The molecule has 168 valence electrons. The van der Waals surface area contributed by atoms with E-state index in [-0.39, 0.29) is 5.91 Å². The Bertz CT molecular complexity index is 902. The third-order valence-electron chi connectivity index (χ3n) is 5.62. The minimum absolute atomic E-state index is 0.0454. The van der Waals surface area contributed by atoms with E-state index in [0.717, 1.165) is 38.8 Å². The summed E-state index contributed by atoms with van der Waals surface area (Å²) in [4.78, 5) is 36.0. The van der Waals surface area contributed by atoms with Gasteiger partial charge in [-0.3, -0.25) is 4.79 Å². The summed E-state index contributed by atoms with van der Waals surface area (Å²) in [5.41, 5.74) is 0.380. The van der Waals surface area contributed by atoms with Crippen molar-refractivity contribution >= 4 is 17.8 Å². The van der Waals surface area contributed by atoms with Gasteiger partial charge in [0, 0.05) is 51.0 Å². The third kappa shape index (κ3) is 5.50. The van der Waals surface area contributed by atoms with Crippen molar-refractivity contribution in [3.8, 4) is 0 Å². The number of aromatic nitrogens is 4. The van der Waals surface area contributed by atoms with Crippen LogP contribution in [0.15, 0.2) is 30.9 Å². The number of carbonyl (C=O) groups excluding carboxylic acids is 1. The lowest BCUT2D eigenvalue weighted by Crippen LogP contribution is -2.52. The summed E-state index contributed by atoms with van der Waals surface area (Å²) in [6.45, 7) is 1.64. The molecule has 2 aromatic rings. The molecule has 9 nitrogen and oxygen atoms in total. The van der Waals surface area contributed by atoms with Crippen molar-refractivity contribution in [3.05, 3.63) is 36.7 Å². The maximum Gasteiger partial charge on any atom is 0.490 e. The van der Waals surface area contributed by atoms with Crippen LogP contribution in [0.2, 0.25) is 0 Å². The van der Waals surface area contributed by atoms with Crippen molar-refractivity contribution in [1.29, 1.82) is 0 Å². The number of imidazole rings is 1.